The first kappa shape index (κ1) is 15.0. The van der Waals surface area contributed by atoms with Crippen molar-refractivity contribution < 1.29 is 0 Å². The van der Waals surface area contributed by atoms with Gasteiger partial charge in [-0.25, -0.2) is 0 Å². The molecule has 0 aromatic carbocycles. The molecule has 15 heavy (non-hydrogen) atoms. The molecule has 0 amide bonds. The topological polar surface area (TPSA) is 0 Å². The van der Waals surface area contributed by atoms with Gasteiger partial charge >= 0.3 is 0 Å². The molecule has 0 rings (SSSR count). The van der Waals surface area contributed by atoms with Gasteiger partial charge in [-0.1, -0.05) is 79.6 Å². The smallest absolute Gasteiger partial charge is 0.0386 e. The van der Waals surface area contributed by atoms with E-state index in [1.807, 2.05) is 0 Å². The monoisotopic (exact) mass is 212 g/mol. The Morgan fingerprint density at radius 3 is 1.67 bits per heavy atom. The van der Waals surface area contributed by atoms with Crippen molar-refractivity contribution in [3.63, 3.8) is 0 Å². The third kappa shape index (κ3) is 5.58. The second kappa shape index (κ2) is 9.24. The Hall–Kier alpha value is 0. The second-order valence-corrected chi connectivity index (χ2v) is 5.13. The van der Waals surface area contributed by atoms with Crippen LogP contribution in [0.4, 0.5) is 0 Å². The predicted molar refractivity (Wildman–Crippen MR) is 71.2 cm³/mol. The third-order valence-corrected chi connectivity index (χ3v) is 4.12. The SMILES string of the molecule is CCCCC(CC)C(C)C(CC)CCC. The molecule has 0 aliphatic carbocycles. The van der Waals surface area contributed by atoms with Gasteiger partial charge < -0.3 is 0 Å². The molecule has 0 spiro atoms. The van der Waals surface area contributed by atoms with Gasteiger partial charge in [0.15, 0.2) is 0 Å². The van der Waals surface area contributed by atoms with Crippen molar-refractivity contribution in [2.45, 2.75) is 79.6 Å². The maximum atomic E-state index is 2.49. The molecule has 0 nitrogen and oxygen atoms in total. The van der Waals surface area contributed by atoms with Crippen molar-refractivity contribution in [1.29, 1.82) is 0 Å². The minimum atomic E-state index is 0.937. The summed E-state index contributed by atoms with van der Waals surface area (Å²) in [5, 5.41) is 0. The van der Waals surface area contributed by atoms with Crippen molar-refractivity contribution in [1.82, 2.24) is 0 Å². The highest BCUT2D eigenvalue weighted by molar-refractivity contribution is 4.72. The lowest BCUT2D eigenvalue weighted by Gasteiger charge is -2.30. The molecule has 0 aromatic heterocycles. The molecule has 0 heteroatoms. The molecule has 0 saturated carbocycles. The first-order valence-electron chi connectivity index (χ1n) is 7.21. The Labute approximate surface area is 97.8 Å². The van der Waals surface area contributed by atoms with Crippen molar-refractivity contribution >= 4 is 0 Å². The van der Waals surface area contributed by atoms with Crippen LogP contribution in [0.25, 0.3) is 0 Å². The summed E-state index contributed by atoms with van der Waals surface area (Å²) in [6.07, 6.45) is 9.76. The molecule has 0 N–H and O–H groups in total. The summed E-state index contributed by atoms with van der Waals surface area (Å²) in [5.74, 6) is 2.88. The van der Waals surface area contributed by atoms with Gasteiger partial charge in [-0.2, -0.15) is 0 Å². The minimum Gasteiger partial charge on any atom is -0.0654 e. The molecule has 0 aromatic rings. The molecule has 0 radical (unpaired) electrons. The van der Waals surface area contributed by atoms with E-state index in [2.05, 4.69) is 34.6 Å². The highest BCUT2D eigenvalue weighted by atomic mass is 14.3. The summed E-state index contributed by atoms with van der Waals surface area (Å²) in [5.41, 5.74) is 0. The maximum Gasteiger partial charge on any atom is -0.0386 e. The van der Waals surface area contributed by atoms with Gasteiger partial charge in [-0.15, -0.1) is 0 Å². The predicted octanol–water partition coefficient (Wildman–Crippen LogP) is 5.67. The summed E-state index contributed by atoms with van der Waals surface area (Å²) in [7, 11) is 0. The molecule has 0 saturated heterocycles. The van der Waals surface area contributed by atoms with E-state index in [9.17, 15) is 0 Å². The maximum absolute atomic E-state index is 2.49. The van der Waals surface area contributed by atoms with Gasteiger partial charge in [0, 0.05) is 0 Å². The van der Waals surface area contributed by atoms with Gasteiger partial charge in [0.2, 0.25) is 0 Å². The number of unbranched alkanes of at least 4 members (excludes halogenated alkanes) is 1. The molecule has 3 unspecified atom stereocenters. The van der Waals surface area contributed by atoms with Crippen molar-refractivity contribution in [3.05, 3.63) is 0 Å². The molecule has 0 aliphatic heterocycles. The zero-order valence-corrected chi connectivity index (χ0v) is 11.7. The lowest BCUT2D eigenvalue weighted by Crippen LogP contribution is -2.20. The highest BCUT2D eigenvalue weighted by Gasteiger charge is 2.22. The van der Waals surface area contributed by atoms with E-state index >= 15 is 0 Å². The van der Waals surface area contributed by atoms with Crippen LogP contribution in [-0.4, -0.2) is 0 Å². The molecule has 3 atom stereocenters. The minimum absolute atomic E-state index is 0.937. The summed E-state index contributed by atoms with van der Waals surface area (Å²) >= 11 is 0. The van der Waals surface area contributed by atoms with E-state index in [1.54, 1.807) is 0 Å². The fraction of sp³-hybridized carbons (Fsp3) is 1.00. The van der Waals surface area contributed by atoms with E-state index in [0.717, 1.165) is 17.8 Å². The van der Waals surface area contributed by atoms with E-state index in [-0.39, 0.29) is 0 Å². The number of hydrogen-bond acceptors (Lipinski definition) is 0. The average Bonchev–Trinajstić information content (AvgIpc) is 2.26. The van der Waals surface area contributed by atoms with E-state index in [1.165, 1.54) is 44.9 Å². The van der Waals surface area contributed by atoms with Crippen LogP contribution in [0, 0.1) is 17.8 Å². The first-order valence-corrected chi connectivity index (χ1v) is 7.21. The van der Waals surface area contributed by atoms with Crippen LogP contribution in [-0.2, 0) is 0 Å². The normalized spacial score (nSPS) is 17.4. The average molecular weight is 212 g/mol. The molecule has 0 heterocycles. The van der Waals surface area contributed by atoms with Gasteiger partial charge in [-0.3, -0.25) is 0 Å². The summed E-state index contributed by atoms with van der Waals surface area (Å²) in [4.78, 5) is 0. The number of hydrogen-bond donors (Lipinski definition) is 0. The van der Waals surface area contributed by atoms with E-state index < -0.39 is 0 Å². The van der Waals surface area contributed by atoms with Crippen LogP contribution in [0.2, 0.25) is 0 Å². The fourth-order valence-electron chi connectivity index (χ4n) is 2.90. The third-order valence-electron chi connectivity index (χ3n) is 4.12. The Morgan fingerprint density at radius 1 is 0.733 bits per heavy atom. The lowest BCUT2D eigenvalue weighted by atomic mass is 9.76. The van der Waals surface area contributed by atoms with Crippen LogP contribution < -0.4 is 0 Å². The number of rotatable bonds is 9. The lowest BCUT2D eigenvalue weighted by molar-refractivity contribution is 0.207. The molecule has 0 bridgehead atoms. The summed E-state index contributed by atoms with van der Waals surface area (Å²) in [6.45, 7) is 11.9. The molecule has 0 fully saturated rings. The molecular formula is C15H32. The Kier molecular flexibility index (Phi) is 9.24. The zero-order valence-electron chi connectivity index (χ0n) is 11.7. The van der Waals surface area contributed by atoms with E-state index in [0.29, 0.717) is 0 Å². The highest BCUT2D eigenvalue weighted by Crippen LogP contribution is 2.32. The van der Waals surface area contributed by atoms with Crippen LogP contribution >= 0.6 is 0 Å². The molecule has 92 valence electrons. The molecule has 0 aliphatic rings. The van der Waals surface area contributed by atoms with Gasteiger partial charge in [0.05, 0.1) is 0 Å². The quantitative estimate of drug-likeness (QED) is 0.462. The first-order chi connectivity index (χ1) is 7.21. The Balaban J connectivity index is 4.13. The summed E-state index contributed by atoms with van der Waals surface area (Å²) < 4.78 is 0. The zero-order chi connectivity index (χ0) is 11.7. The standard InChI is InChI=1S/C15H32/c1-6-10-12-15(9-4)13(5)14(8-3)11-7-2/h13-15H,6-12H2,1-5H3. The molecular weight excluding hydrogens is 180 g/mol. The van der Waals surface area contributed by atoms with Crippen LogP contribution in [0.15, 0.2) is 0 Å². The Bertz CT molecular complexity index is 128. The van der Waals surface area contributed by atoms with Gasteiger partial charge in [0.1, 0.15) is 0 Å². The fourth-order valence-corrected chi connectivity index (χ4v) is 2.90. The van der Waals surface area contributed by atoms with Crippen LogP contribution in [0.1, 0.15) is 79.6 Å². The van der Waals surface area contributed by atoms with Crippen molar-refractivity contribution in [2.75, 3.05) is 0 Å². The van der Waals surface area contributed by atoms with Crippen LogP contribution in [0.3, 0.4) is 0 Å². The van der Waals surface area contributed by atoms with Gasteiger partial charge in [-0.05, 0) is 17.8 Å². The van der Waals surface area contributed by atoms with Crippen molar-refractivity contribution in [3.8, 4) is 0 Å². The van der Waals surface area contributed by atoms with Gasteiger partial charge in [0.25, 0.3) is 0 Å². The van der Waals surface area contributed by atoms with Crippen LogP contribution in [0.5, 0.6) is 0 Å². The van der Waals surface area contributed by atoms with Crippen molar-refractivity contribution in [2.24, 2.45) is 17.8 Å². The Morgan fingerprint density at radius 2 is 1.27 bits per heavy atom. The largest absolute Gasteiger partial charge is 0.0654 e. The second-order valence-electron chi connectivity index (χ2n) is 5.13. The summed E-state index contributed by atoms with van der Waals surface area (Å²) in [6, 6.07) is 0. The van der Waals surface area contributed by atoms with E-state index in [4.69, 9.17) is 0 Å².